The molecule has 2 N–H and O–H groups in total. The van der Waals surface area contributed by atoms with Crippen LogP contribution in [0.3, 0.4) is 0 Å². The zero-order valence-corrected chi connectivity index (χ0v) is 16.1. The maximum absolute atomic E-state index is 5.44. The summed E-state index contributed by atoms with van der Waals surface area (Å²) in [6.45, 7) is 11.0. The van der Waals surface area contributed by atoms with E-state index in [-0.39, 0.29) is 11.5 Å². The van der Waals surface area contributed by atoms with Crippen LogP contribution < -0.4 is 10.6 Å². The molecule has 0 fully saturated rings. The van der Waals surface area contributed by atoms with Crippen molar-refractivity contribution in [2.75, 3.05) is 5.32 Å². The van der Waals surface area contributed by atoms with Gasteiger partial charge in [0.15, 0.2) is 5.11 Å². The Labute approximate surface area is 151 Å². The van der Waals surface area contributed by atoms with E-state index in [2.05, 4.69) is 93.8 Å². The number of nitrogens with one attached hydrogen (secondary N) is 2. The number of hydrogen-bond acceptors (Lipinski definition) is 1. The van der Waals surface area contributed by atoms with Gasteiger partial charge in [0.2, 0.25) is 0 Å². The largest absolute Gasteiger partial charge is 0.356 e. The molecule has 0 saturated heterocycles. The van der Waals surface area contributed by atoms with Crippen LogP contribution in [0.1, 0.15) is 57.4 Å². The minimum absolute atomic E-state index is 0.161. The lowest BCUT2D eigenvalue weighted by molar-refractivity contribution is 0.589. The molecule has 2 rings (SSSR count). The molecule has 0 amide bonds. The van der Waals surface area contributed by atoms with Crippen LogP contribution in [0.5, 0.6) is 0 Å². The Bertz CT molecular complexity index is 666. The van der Waals surface area contributed by atoms with Crippen molar-refractivity contribution in [3.8, 4) is 0 Å². The van der Waals surface area contributed by atoms with E-state index in [0.717, 1.165) is 12.1 Å². The molecule has 0 aliphatic rings. The first kappa shape index (κ1) is 18.5. The van der Waals surface area contributed by atoms with Crippen molar-refractivity contribution in [3.63, 3.8) is 0 Å². The standard InChI is InChI=1S/C21H28N2S/c1-6-16-7-13-19(14-8-16)23-20(24)22-15(2)17-9-11-18(12-10-17)21(3,4)5/h7-15H,6H2,1-5H3,(H2,22,23,24)/t15-/m0/s1. The Hall–Kier alpha value is -1.87. The number of anilines is 1. The molecule has 0 aliphatic carbocycles. The lowest BCUT2D eigenvalue weighted by atomic mass is 9.86. The molecule has 2 aromatic carbocycles. The van der Waals surface area contributed by atoms with Gasteiger partial charge >= 0.3 is 0 Å². The van der Waals surface area contributed by atoms with Gasteiger partial charge in [0.1, 0.15) is 0 Å². The van der Waals surface area contributed by atoms with Crippen molar-refractivity contribution < 1.29 is 0 Å². The van der Waals surface area contributed by atoms with Gasteiger partial charge in [-0.05, 0) is 59.8 Å². The zero-order valence-electron chi connectivity index (χ0n) is 15.3. The molecule has 0 spiro atoms. The summed E-state index contributed by atoms with van der Waals surface area (Å²) in [4.78, 5) is 0. The van der Waals surface area contributed by atoms with Crippen molar-refractivity contribution in [1.82, 2.24) is 5.32 Å². The molecule has 3 heteroatoms. The quantitative estimate of drug-likeness (QED) is 0.709. The van der Waals surface area contributed by atoms with E-state index in [1.165, 1.54) is 16.7 Å². The Morgan fingerprint density at radius 2 is 1.58 bits per heavy atom. The summed E-state index contributed by atoms with van der Waals surface area (Å²) in [5.74, 6) is 0. The highest BCUT2D eigenvalue weighted by molar-refractivity contribution is 7.80. The minimum atomic E-state index is 0.161. The Balaban J connectivity index is 1.95. The van der Waals surface area contributed by atoms with Gasteiger partial charge in [-0.2, -0.15) is 0 Å². The number of aryl methyl sites for hydroxylation is 1. The third-order valence-electron chi connectivity index (χ3n) is 4.24. The fourth-order valence-electron chi connectivity index (χ4n) is 2.54. The molecule has 0 radical (unpaired) electrons. The molecule has 0 saturated carbocycles. The van der Waals surface area contributed by atoms with Crippen LogP contribution in [-0.4, -0.2) is 5.11 Å². The first-order valence-electron chi connectivity index (χ1n) is 8.56. The van der Waals surface area contributed by atoms with Crippen LogP contribution in [0.2, 0.25) is 0 Å². The minimum Gasteiger partial charge on any atom is -0.356 e. The summed E-state index contributed by atoms with van der Waals surface area (Å²) in [6.07, 6.45) is 1.05. The molecular formula is C21H28N2S. The number of thiocarbonyl (C=S) groups is 1. The van der Waals surface area contributed by atoms with Crippen molar-refractivity contribution in [2.45, 2.75) is 52.5 Å². The maximum Gasteiger partial charge on any atom is 0.171 e. The summed E-state index contributed by atoms with van der Waals surface area (Å²) >= 11 is 5.44. The van der Waals surface area contributed by atoms with Gasteiger partial charge < -0.3 is 10.6 Å². The Morgan fingerprint density at radius 1 is 1.00 bits per heavy atom. The van der Waals surface area contributed by atoms with Gasteiger partial charge in [-0.25, -0.2) is 0 Å². The molecule has 0 unspecified atom stereocenters. The van der Waals surface area contributed by atoms with E-state index in [4.69, 9.17) is 12.2 Å². The number of hydrogen-bond donors (Lipinski definition) is 2. The highest BCUT2D eigenvalue weighted by atomic mass is 32.1. The molecule has 24 heavy (non-hydrogen) atoms. The maximum atomic E-state index is 5.44. The van der Waals surface area contributed by atoms with E-state index in [1.807, 2.05) is 0 Å². The second-order valence-corrected chi connectivity index (χ2v) is 7.65. The third-order valence-corrected chi connectivity index (χ3v) is 4.46. The Morgan fingerprint density at radius 3 is 2.08 bits per heavy atom. The fourth-order valence-corrected chi connectivity index (χ4v) is 2.84. The summed E-state index contributed by atoms with van der Waals surface area (Å²) in [5.41, 5.74) is 5.09. The van der Waals surface area contributed by atoms with Crippen LogP contribution in [0.25, 0.3) is 0 Å². The molecule has 0 aliphatic heterocycles. The lowest BCUT2D eigenvalue weighted by Gasteiger charge is -2.21. The third kappa shape index (κ3) is 5.07. The van der Waals surface area contributed by atoms with E-state index in [1.54, 1.807) is 0 Å². The molecular weight excluding hydrogens is 312 g/mol. The molecule has 128 valence electrons. The van der Waals surface area contributed by atoms with Gasteiger partial charge in [0.25, 0.3) is 0 Å². The van der Waals surface area contributed by atoms with Crippen LogP contribution in [0, 0.1) is 0 Å². The second kappa shape index (κ2) is 7.80. The molecule has 0 aromatic heterocycles. The van der Waals surface area contributed by atoms with Crippen molar-refractivity contribution in [3.05, 3.63) is 65.2 Å². The predicted octanol–water partition coefficient (Wildman–Crippen LogP) is 5.59. The smallest absolute Gasteiger partial charge is 0.171 e. The van der Waals surface area contributed by atoms with Crippen molar-refractivity contribution >= 4 is 23.0 Å². The number of benzene rings is 2. The predicted molar refractivity (Wildman–Crippen MR) is 109 cm³/mol. The summed E-state index contributed by atoms with van der Waals surface area (Å²) in [7, 11) is 0. The highest BCUT2D eigenvalue weighted by Crippen LogP contribution is 2.24. The average molecular weight is 341 g/mol. The first-order chi connectivity index (χ1) is 11.3. The van der Waals surface area contributed by atoms with Crippen molar-refractivity contribution in [2.24, 2.45) is 0 Å². The highest BCUT2D eigenvalue weighted by Gasteiger charge is 2.14. The fraction of sp³-hybridized carbons (Fsp3) is 0.381. The molecule has 0 heterocycles. The first-order valence-corrected chi connectivity index (χ1v) is 8.97. The lowest BCUT2D eigenvalue weighted by Crippen LogP contribution is -2.30. The SMILES string of the molecule is CCc1ccc(NC(=S)N[C@@H](C)c2ccc(C(C)(C)C)cc2)cc1. The van der Waals surface area contributed by atoms with E-state index in [9.17, 15) is 0 Å². The van der Waals surface area contributed by atoms with Crippen LogP contribution in [-0.2, 0) is 11.8 Å². The molecule has 2 aromatic rings. The van der Waals surface area contributed by atoms with Gasteiger partial charge in [-0.15, -0.1) is 0 Å². The summed E-state index contributed by atoms with van der Waals surface area (Å²) in [5, 5.41) is 7.25. The zero-order chi connectivity index (χ0) is 17.7. The van der Waals surface area contributed by atoms with Crippen LogP contribution in [0.4, 0.5) is 5.69 Å². The van der Waals surface area contributed by atoms with Crippen molar-refractivity contribution in [1.29, 1.82) is 0 Å². The normalized spacial score (nSPS) is 12.5. The van der Waals surface area contributed by atoms with Gasteiger partial charge in [0.05, 0.1) is 6.04 Å². The monoisotopic (exact) mass is 340 g/mol. The van der Waals surface area contributed by atoms with E-state index >= 15 is 0 Å². The topological polar surface area (TPSA) is 24.1 Å². The average Bonchev–Trinajstić information content (AvgIpc) is 2.54. The van der Waals surface area contributed by atoms with Gasteiger partial charge in [-0.1, -0.05) is 64.1 Å². The van der Waals surface area contributed by atoms with Gasteiger partial charge in [-0.3, -0.25) is 0 Å². The summed E-state index contributed by atoms with van der Waals surface area (Å²) in [6, 6.07) is 17.3. The summed E-state index contributed by atoms with van der Waals surface area (Å²) < 4.78 is 0. The Kier molecular flexibility index (Phi) is 6.00. The molecule has 2 nitrogen and oxygen atoms in total. The number of rotatable bonds is 4. The van der Waals surface area contributed by atoms with E-state index in [0.29, 0.717) is 5.11 Å². The van der Waals surface area contributed by atoms with Crippen LogP contribution in [0.15, 0.2) is 48.5 Å². The van der Waals surface area contributed by atoms with Crippen LogP contribution >= 0.6 is 12.2 Å². The van der Waals surface area contributed by atoms with Gasteiger partial charge in [0, 0.05) is 5.69 Å². The second-order valence-electron chi connectivity index (χ2n) is 7.24. The molecule has 1 atom stereocenters. The molecule has 0 bridgehead atoms. The van der Waals surface area contributed by atoms with E-state index < -0.39 is 0 Å².